The summed E-state index contributed by atoms with van der Waals surface area (Å²) in [6.07, 6.45) is 2.52. The SMILES string of the molecule is O=c1[nH]c(=O)n(Cc2ccco2)c(O)c1C=Nc1ccccc1O. The molecule has 0 spiro atoms. The molecule has 0 aliphatic heterocycles. The van der Waals surface area contributed by atoms with Crippen molar-refractivity contribution < 1.29 is 14.6 Å². The van der Waals surface area contributed by atoms with Crippen LogP contribution in [0.15, 0.2) is 61.7 Å². The van der Waals surface area contributed by atoms with Gasteiger partial charge in [0.2, 0.25) is 5.88 Å². The summed E-state index contributed by atoms with van der Waals surface area (Å²) < 4.78 is 6.08. The zero-order chi connectivity index (χ0) is 17.1. The molecule has 0 unspecified atom stereocenters. The molecule has 122 valence electrons. The number of aromatic hydroxyl groups is 2. The molecule has 0 saturated heterocycles. The molecule has 8 nitrogen and oxygen atoms in total. The Hall–Kier alpha value is -3.55. The molecule has 3 aromatic rings. The molecule has 1 aromatic carbocycles. The molecule has 3 N–H and O–H groups in total. The van der Waals surface area contributed by atoms with E-state index in [0.29, 0.717) is 5.76 Å². The lowest BCUT2D eigenvalue weighted by molar-refractivity contribution is 0.392. The molecule has 2 heterocycles. The molecule has 0 aliphatic rings. The summed E-state index contributed by atoms with van der Waals surface area (Å²) in [6, 6.07) is 9.54. The predicted octanol–water partition coefficient (Wildman–Crippen LogP) is 1.34. The fourth-order valence-electron chi connectivity index (χ4n) is 2.10. The van der Waals surface area contributed by atoms with Crippen LogP contribution < -0.4 is 11.2 Å². The van der Waals surface area contributed by atoms with Crippen molar-refractivity contribution in [3.05, 3.63) is 74.8 Å². The fraction of sp³-hybridized carbons (Fsp3) is 0.0625. The van der Waals surface area contributed by atoms with Crippen LogP contribution in [-0.2, 0) is 6.54 Å². The Bertz CT molecular complexity index is 999. The summed E-state index contributed by atoms with van der Waals surface area (Å²) in [7, 11) is 0. The van der Waals surface area contributed by atoms with Gasteiger partial charge < -0.3 is 14.6 Å². The number of nitrogens with zero attached hydrogens (tertiary/aromatic N) is 2. The predicted molar refractivity (Wildman–Crippen MR) is 86.2 cm³/mol. The summed E-state index contributed by atoms with van der Waals surface area (Å²) in [5, 5.41) is 19.9. The van der Waals surface area contributed by atoms with E-state index in [1.54, 1.807) is 24.3 Å². The Labute approximate surface area is 135 Å². The molecular weight excluding hydrogens is 314 g/mol. The first-order chi connectivity index (χ1) is 11.6. The van der Waals surface area contributed by atoms with E-state index in [9.17, 15) is 19.8 Å². The van der Waals surface area contributed by atoms with Crippen molar-refractivity contribution in [3.63, 3.8) is 0 Å². The first kappa shape index (κ1) is 15.3. The third-order valence-corrected chi connectivity index (χ3v) is 3.32. The number of aliphatic imine (C=N–C) groups is 1. The van der Waals surface area contributed by atoms with Gasteiger partial charge in [-0.25, -0.2) is 4.79 Å². The third kappa shape index (κ3) is 2.98. The van der Waals surface area contributed by atoms with Gasteiger partial charge in [0.15, 0.2) is 0 Å². The number of aromatic amines is 1. The highest BCUT2D eigenvalue weighted by Crippen LogP contribution is 2.24. The Kier molecular flexibility index (Phi) is 4.02. The lowest BCUT2D eigenvalue weighted by atomic mass is 10.3. The number of H-pyrrole nitrogens is 1. The van der Waals surface area contributed by atoms with Crippen molar-refractivity contribution in [2.45, 2.75) is 6.54 Å². The monoisotopic (exact) mass is 327 g/mol. The van der Waals surface area contributed by atoms with Crippen LogP contribution in [0.2, 0.25) is 0 Å². The number of nitrogens with one attached hydrogen (secondary N) is 1. The van der Waals surface area contributed by atoms with Crippen LogP contribution in [0.25, 0.3) is 0 Å². The number of phenolic OH excluding ortho intramolecular Hbond substituents is 1. The van der Waals surface area contributed by atoms with Crippen molar-refractivity contribution >= 4 is 11.9 Å². The average molecular weight is 327 g/mol. The van der Waals surface area contributed by atoms with Crippen molar-refractivity contribution in [1.29, 1.82) is 0 Å². The highest BCUT2D eigenvalue weighted by molar-refractivity contribution is 5.84. The fourth-order valence-corrected chi connectivity index (χ4v) is 2.10. The summed E-state index contributed by atoms with van der Waals surface area (Å²) in [5.41, 5.74) is -1.54. The molecule has 24 heavy (non-hydrogen) atoms. The van der Waals surface area contributed by atoms with Crippen LogP contribution in [0.4, 0.5) is 5.69 Å². The van der Waals surface area contributed by atoms with E-state index in [1.165, 1.54) is 18.4 Å². The number of para-hydroxylation sites is 2. The van der Waals surface area contributed by atoms with Gasteiger partial charge in [0, 0.05) is 6.21 Å². The van der Waals surface area contributed by atoms with Gasteiger partial charge in [-0.2, -0.15) is 0 Å². The Morgan fingerprint density at radius 2 is 1.96 bits per heavy atom. The first-order valence-corrected chi connectivity index (χ1v) is 6.97. The van der Waals surface area contributed by atoms with Crippen molar-refractivity contribution in [2.24, 2.45) is 4.99 Å². The smallest absolute Gasteiger partial charge is 0.331 e. The van der Waals surface area contributed by atoms with E-state index in [-0.39, 0.29) is 23.5 Å². The molecule has 0 atom stereocenters. The summed E-state index contributed by atoms with van der Waals surface area (Å²) in [6.45, 7) is -0.0497. The molecule has 0 radical (unpaired) electrons. The largest absolute Gasteiger partial charge is 0.506 e. The van der Waals surface area contributed by atoms with Gasteiger partial charge in [0.1, 0.15) is 22.8 Å². The Morgan fingerprint density at radius 3 is 2.67 bits per heavy atom. The number of furan rings is 1. The van der Waals surface area contributed by atoms with Gasteiger partial charge >= 0.3 is 5.69 Å². The second-order valence-corrected chi connectivity index (χ2v) is 4.91. The number of benzene rings is 1. The first-order valence-electron chi connectivity index (χ1n) is 6.97. The van der Waals surface area contributed by atoms with Gasteiger partial charge in [-0.1, -0.05) is 12.1 Å². The highest BCUT2D eigenvalue weighted by atomic mass is 16.3. The summed E-state index contributed by atoms with van der Waals surface area (Å²) in [5.74, 6) is -0.184. The lowest BCUT2D eigenvalue weighted by Gasteiger charge is -2.07. The molecule has 0 saturated carbocycles. The molecule has 2 aromatic heterocycles. The number of hydrogen-bond acceptors (Lipinski definition) is 6. The zero-order valence-electron chi connectivity index (χ0n) is 12.3. The highest BCUT2D eigenvalue weighted by Gasteiger charge is 2.14. The summed E-state index contributed by atoms with van der Waals surface area (Å²) in [4.78, 5) is 29.9. The topological polar surface area (TPSA) is 121 Å². The van der Waals surface area contributed by atoms with Crippen LogP contribution in [0.1, 0.15) is 11.3 Å². The van der Waals surface area contributed by atoms with Crippen molar-refractivity contribution in [3.8, 4) is 11.6 Å². The Morgan fingerprint density at radius 1 is 1.17 bits per heavy atom. The maximum Gasteiger partial charge on any atom is 0.331 e. The van der Waals surface area contributed by atoms with Gasteiger partial charge in [-0.05, 0) is 24.3 Å². The van der Waals surface area contributed by atoms with Crippen molar-refractivity contribution in [1.82, 2.24) is 9.55 Å². The minimum absolute atomic E-state index is 0.0497. The van der Waals surface area contributed by atoms with Crippen LogP contribution >= 0.6 is 0 Å². The van der Waals surface area contributed by atoms with E-state index >= 15 is 0 Å². The number of rotatable bonds is 4. The van der Waals surface area contributed by atoms with E-state index < -0.39 is 17.1 Å². The molecule has 0 bridgehead atoms. The van der Waals surface area contributed by atoms with E-state index in [2.05, 4.69) is 9.98 Å². The van der Waals surface area contributed by atoms with Gasteiger partial charge in [-0.15, -0.1) is 0 Å². The van der Waals surface area contributed by atoms with Crippen LogP contribution in [-0.4, -0.2) is 26.0 Å². The van der Waals surface area contributed by atoms with E-state index in [0.717, 1.165) is 10.8 Å². The maximum atomic E-state index is 11.9. The maximum absolute atomic E-state index is 11.9. The van der Waals surface area contributed by atoms with Crippen molar-refractivity contribution in [2.75, 3.05) is 0 Å². The van der Waals surface area contributed by atoms with Crippen LogP contribution in [0.3, 0.4) is 0 Å². The van der Waals surface area contributed by atoms with Gasteiger partial charge in [-0.3, -0.25) is 19.3 Å². The minimum atomic E-state index is -0.785. The summed E-state index contributed by atoms with van der Waals surface area (Å²) >= 11 is 0. The number of aromatic nitrogens is 2. The molecule has 8 heteroatoms. The van der Waals surface area contributed by atoms with E-state index in [1.807, 2.05) is 0 Å². The normalized spacial score (nSPS) is 11.2. The second-order valence-electron chi connectivity index (χ2n) is 4.91. The van der Waals surface area contributed by atoms with Crippen LogP contribution in [0, 0.1) is 0 Å². The lowest BCUT2D eigenvalue weighted by Crippen LogP contribution is -2.32. The zero-order valence-corrected chi connectivity index (χ0v) is 12.3. The van der Waals surface area contributed by atoms with Crippen LogP contribution in [0.5, 0.6) is 11.6 Å². The standard InChI is InChI=1S/C16H13N3O5/c20-13-6-2-1-5-12(13)17-8-11-14(21)18-16(23)19(15(11)22)9-10-4-3-7-24-10/h1-8,20,22H,9H2,(H,18,21,23). The molecule has 0 amide bonds. The third-order valence-electron chi connectivity index (χ3n) is 3.32. The molecular formula is C16H13N3O5. The average Bonchev–Trinajstić information content (AvgIpc) is 3.06. The number of phenols is 1. The number of hydrogen-bond donors (Lipinski definition) is 3. The molecule has 0 aliphatic carbocycles. The second kappa shape index (κ2) is 6.29. The van der Waals surface area contributed by atoms with Gasteiger partial charge in [0.05, 0.1) is 12.8 Å². The quantitative estimate of drug-likeness (QED) is 0.624. The minimum Gasteiger partial charge on any atom is -0.506 e. The van der Waals surface area contributed by atoms with Gasteiger partial charge in [0.25, 0.3) is 5.56 Å². The Balaban J connectivity index is 2.03. The molecule has 3 rings (SSSR count). The molecule has 0 fully saturated rings. The van der Waals surface area contributed by atoms with E-state index in [4.69, 9.17) is 4.42 Å².